The normalized spacial score (nSPS) is 10.3. The molecule has 0 radical (unpaired) electrons. The highest BCUT2D eigenvalue weighted by Crippen LogP contribution is 2.16. The van der Waals surface area contributed by atoms with Crippen LogP contribution in [0.25, 0.3) is 0 Å². The van der Waals surface area contributed by atoms with Gasteiger partial charge in [-0.2, -0.15) is 0 Å². The molecule has 0 bridgehead atoms. The first-order valence-electron chi connectivity index (χ1n) is 10.4. The van der Waals surface area contributed by atoms with Gasteiger partial charge >= 0.3 is 0 Å². The Morgan fingerprint density at radius 3 is 2.31 bits per heavy atom. The number of anilines is 3. The Balaban J connectivity index is 1.45. The minimum absolute atomic E-state index is 0.0412. The monoisotopic (exact) mass is 434 g/mol. The molecule has 166 valence electrons. The van der Waals surface area contributed by atoms with Gasteiger partial charge in [0.1, 0.15) is 5.76 Å². The Bertz CT molecular complexity index is 1050. The molecule has 1 aromatic heterocycles. The summed E-state index contributed by atoms with van der Waals surface area (Å²) in [4.78, 5) is 36.2. The Kier molecular flexibility index (Phi) is 8.02. The number of furan rings is 1. The largest absolute Gasteiger partial charge is 0.467 e. The molecule has 0 fully saturated rings. The number of carbonyl (C=O) groups is 3. The first kappa shape index (κ1) is 22.6. The number of nitrogens with one attached hydrogen (secondary N) is 4. The fraction of sp³-hybridized carbons (Fsp3) is 0.208. The van der Waals surface area contributed by atoms with Crippen LogP contribution in [0.15, 0.2) is 71.3 Å². The van der Waals surface area contributed by atoms with Crippen LogP contribution in [-0.2, 0) is 16.1 Å². The van der Waals surface area contributed by atoms with Gasteiger partial charge in [-0.05, 0) is 61.0 Å². The molecule has 0 spiro atoms. The smallest absolute Gasteiger partial charge is 0.251 e. The van der Waals surface area contributed by atoms with Crippen LogP contribution in [0.1, 0.15) is 35.9 Å². The van der Waals surface area contributed by atoms with Crippen molar-refractivity contribution in [1.29, 1.82) is 0 Å². The zero-order chi connectivity index (χ0) is 22.8. The van der Waals surface area contributed by atoms with Gasteiger partial charge in [0.05, 0.1) is 19.4 Å². The van der Waals surface area contributed by atoms with Gasteiger partial charge in [0.25, 0.3) is 5.91 Å². The lowest BCUT2D eigenvalue weighted by Crippen LogP contribution is -2.23. The van der Waals surface area contributed by atoms with E-state index in [1.165, 1.54) is 0 Å². The second-order valence-corrected chi connectivity index (χ2v) is 7.12. The summed E-state index contributed by atoms with van der Waals surface area (Å²) >= 11 is 0. The summed E-state index contributed by atoms with van der Waals surface area (Å²) < 4.78 is 5.18. The zero-order valence-electron chi connectivity index (χ0n) is 17.8. The van der Waals surface area contributed by atoms with Crippen LogP contribution in [0.5, 0.6) is 0 Å². The van der Waals surface area contributed by atoms with Crippen molar-refractivity contribution in [1.82, 2.24) is 5.32 Å². The van der Waals surface area contributed by atoms with Crippen LogP contribution in [0.4, 0.5) is 17.1 Å². The minimum Gasteiger partial charge on any atom is -0.467 e. The molecule has 4 N–H and O–H groups in total. The van der Waals surface area contributed by atoms with Crippen molar-refractivity contribution in [3.8, 4) is 0 Å². The molecule has 3 aromatic rings. The molecule has 8 nitrogen and oxygen atoms in total. The summed E-state index contributed by atoms with van der Waals surface area (Å²) in [6.45, 7) is 2.30. The molecule has 0 aliphatic rings. The summed E-state index contributed by atoms with van der Waals surface area (Å²) in [7, 11) is 0. The second kappa shape index (κ2) is 11.4. The Morgan fingerprint density at radius 1 is 0.844 bits per heavy atom. The quantitative estimate of drug-likeness (QED) is 0.385. The lowest BCUT2D eigenvalue weighted by atomic mass is 10.2. The summed E-state index contributed by atoms with van der Waals surface area (Å²) in [5, 5.41) is 11.4. The number of benzene rings is 2. The third-order valence-corrected chi connectivity index (χ3v) is 4.51. The van der Waals surface area contributed by atoms with E-state index < -0.39 is 0 Å². The van der Waals surface area contributed by atoms with Crippen LogP contribution >= 0.6 is 0 Å². The molecular weight excluding hydrogens is 408 g/mol. The Morgan fingerprint density at radius 2 is 1.59 bits per heavy atom. The standard InChI is InChI=1S/C24H26N4O4/c1-2-5-22(29)28-20-7-3-6-19(14-20)25-16-23(30)27-18-11-9-17(10-12-18)24(31)26-15-21-8-4-13-32-21/h3-4,6-14,25H,2,5,15-16H2,1H3,(H,26,31)(H,27,30)(H,28,29). The van der Waals surface area contributed by atoms with Crippen molar-refractivity contribution in [3.05, 3.63) is 78.3 Å². The third kappa shape index (κ3) is 7.02. The summed E-state index contributed by atoms with van der Waals surface area (Å²) in [5.41, 5.74) is 2.46. The number of hydrogen-bond donors (Lipinski definition) is 4. The second-order valence-electron chi connectivity index (χ2n) is 7.12. The molecule has 32 heavy (non-hydrogen) atoms. The van der Waals surface area contributed by atoms with Gasteiger partial charge in [-0.1, -0.05) is 13.0 Å². The summed E-state index contributed by atoms with van der Waals surface area (Å²) in [5.74, 6) is 0.163. The molecule has 2 aromatic carbocycles. The Labute approximate surface area is 186 Å². The van der Waals surface area contributed by atoms with Crippen LogP contribution in [0.3, 0.4) is 0 Å². The van der Waals surface area contributed by atoms with Crippen LogP contribution < -0.4 is 21.3 Å². The molecule has 0 saturated heterocycles. The fourth-order valence-corrected chi connectivity index (χ4v) is 2.93. The molecule has 0 aliphatic heterocycles. The predicted octanol–water partition coefficient (Wildman–Crippen LogP) is 4.00. The first-order valence-corrected chi connectivity index (χ1v) is 10.4. The van der Waals surface area contributed by atoms with Crippen LogP contribution in [0, 0.1) is 0 Å². The van der Waals surface area contributed by atoms with Gasteiger partial charge in [-0.15, -0.1) is 0 Å². The molecule has 0 unspecified atom stereocenters. The number of amides is 3. The van der Waals surface area contributed by atoms with Crippen molar-refractivity contribution >= 4 is 34.8 Å². The molecule has 8 heteroatoms. The van der Waals surface area contributed by atoms with Gasteiger partial charge < -0.3 is 25.7 Å². The van der Waals surface area contributed by atoms with Crippen molar-refractivity contribution in [2.45, 2.75) is 26.3 Å². The third-order valence-electron chi connectivity index (χ3n) is 4.51. The fourth-order valence-electron chi connectivity index (χ4n) is 2.93. The lowest BCUT2D eigenvalue weighted by molar-refractivity contribution is -0.116. The lowest BCUT2D eigenvalue weighted by Gasteiger charge is -2.10. The molecule has 0 saturated carbocycles. The van der Waals surface area contributed by atoms with Gasteiger partial charge in [0, 0.05) is 29.0 Å². The van der Waals surface area contributed by atoms with E-state index in [0.717, 1.165) is 12.1 Å². The maximum Gasteiger partial charge on any atom is 0.251 e. The molecule has 3 amide bonds. The molecular formula is C24H26N4O4. The highest BCUT2D eigenvalue weighted by Gasteiger charge is 2.08. The van der Waals surface area contributed by atoms with E-state index in [1.807, 2.05) is 13.0 Å². The van der Waals surface area contributed by atoms with Crippen LogP contribution in [0.2, 0.25) is 0 Å². The Hall–Kier alpha value is -4.07. The van der Waals surface area contributed by atoms with E-state index in [-0.39, 0.29) is 24.3 Å². The first-order chi connectivity index (χ1) is 15.5. The van der Waals surface area contributed by atoms with E-state index in [0.29, 0.717) is 35.7 Å². The van der Waals surface area contributed by atoms with E-state index in [9.17, 15) is 14.4 Å². The van der Waals surface area contributed by atoms with Crippen molar-refractivity contribution in [2.75, 3.05) is 22.5 Å². The number of carbonyl (C=O) groups excluding carboxylic acids is 3. The topological polar surface area (TPSA) is 112 Å². The summed E-state index contributed by atoms with van der Waals surface area (Å²) in [6, 6.07) is 17.4. The van der Waals surface area contributed by atoms with Crippen molar-refractivity contribution in [3.63, 3.8) is 0 Å². The SMILES string of the molecule is CCCC(=O)Nc1cccc(NCC(=O)Nc2ccc(C(=O)NCc3ccco3)cc2)c1. The van der Waals surface area contributed by atoms with E-state index >= 15 is 0 Å². The highest BCUT2D eigenvalue weighted by molar-refractivity contribution is 5.97. The van der Waals surface area contributed by atoms with Gasteiger partial charge in [-0.25, -0.2) is 0 Å². The maximum atomic E-state index is 12.3. The van der Waals surface area contributed by atoms with Gasteiger partial charge in [0.15, 0.2) is 0 Å². The molecule has 3 rings (SSSR count). The maximum absolute atomic E-state index is 12.3. The molecule has 0 aliphatic carbocycles. The van der Waals surface area contributed by atoms with Gasteiger partial charge in [-0.3, -0.25) is 14.4 Å². The van der Waals surface area contributed by atoms with Crippen LogP contribution in [-0.4, -0.2) is 24.3 Å². The minimum atomic E-state index is -0.236. The van der Waals surface area contributed by atoms with E-state index in [2.05, 4.69) is 21.3 Å². The summed E-state index contributed by atoms with van der Waals surface area (Å²) in [6.07, 6.45) is 2.79. The average molecular weight is 434 g/mol. The molecule has 0 atom stereocenters. The zero-order valence-corrected chi connectivity index (χ0v) is 17.8. The predicted molar refractivity (Wildman–Crippen MR) is 123 cm³/mol. The molecule has 1 heterocycles. The van der Waals surface area contributed by atoms with Gasteiger partial charge in [0.2, 0.25) is 11.8 Å². The van der Waals surface area contributed by atoms with E-state index in [1.54, 1.807) is 60.9 Å². The average Bonchev–Trinajstić information content (AvgIpc) is 3.31. The highest BCUT2D eigenvalue weighted by atomic mass is 16.3. The number of rotatable bonds is 10. The van der Waals surface area contributed by atoms with Crippen molar-refractivity contribution < 1.29 is 18.8 Å². The van der Waals surface area contributed by atoms with E-state index in [4.69, 9.17) is 4.42 Å². The van der Waals surface area contributed by atoms with Crippen molar-refractivity contribution in [2.24, 2.45) is 0 Å². The number of hydrogen-bond acceptors (Lipinski definition) is 5.